The molecule has 0 spiro atoms. The van der Waals surface area contributed by atoms with Crippen LogP contribution < -0.4 is 10.2 Å². The van der Waals surface area contributed by atoms with Crippen molar-refractivity contribution in [1.82, 2.24) is 5.32 Å². The maximum absolute atomic E-state index is 3.54. The number of nitrogens with zero attached hydrogens (tertiary/aromatic N) is 1. The van der Waals surface area contributed by atoms with Gasteiger partial charge < -0.3 is 10.2 Å². The summed E-state index contributed by atoms with van der Waals surface area (Å²) in [7, 11) is 4.14. The zero-order chi connectivity index (χ0) is 11.6. The minimum Gasteiger partial charge on any atom is -0.378 e. The van der Waals surface area contributed by atoms with Crippen molar-refractivity contribution in [3.8, 4) is 0 Å². The van der Waals surface area contributed by atoms with E-state index < -0.39 is 0 Å². The van der Waals surface area contributed by atoms with Gasteiger partial charge in [0.05, 0.1) is 0 Å². The summed E-state index contributed by atoms with van der Waals surface area (Å²) in [6.45, 7) is 4.50. The zero-order valence-electron chi connectivity index (χ0n) is 10.6. The van der Waals surface area contributed by atoms with Crippen molar-refractivity contribution in [3.63, 3.8) is 0 Å². The smallest absolute Gasteiger partial charge is 0.0361 e. The summed E-state index contributed by atoms with van der Waals surface area (Å²) in [5.41, 5.74) is 3.23. The van der Waals surface area contributed by atoms with Crippen LogP contribution in [-0.4, -0.2) is 20.6 Å². The van der Waals surface area contributed by atoms with Gasteiger partial charge >= 0.3 is 0 Å². The number of anilines is 1. The molecule has 1 fully saturated rings. The van der Waals surface area contributed by atoms with Crippen molar-refractivity contribution in [3.05, 3.63) is 29.8 Å². The molecular formula is C14H22N2. The average Bonchev–Trinajstić information content (AvgIpc) is 2.97. The first kappa shape index (κ1) is 11.5. The van der Waals surface area contributed by atoms with Crippen LogP contribution in [-0.2, 0) is 6.54 Å². The summed E-state index contributed by atoms with van der Waals surface area (Å²) < 4.78 is 0. The van der Waals surface area contributed by atoms with Crippen molar-refractivity contribution in [2.24, 2.45) is 5.41 Å². The van der Waals surface area contributed by atoms with Crippen molar-refractivity contribution >= 4 is 5.69 Å². The van der Waals surface area contributed by atoms with Gasteiger partial charge in [-0.15, -0.1) is 0 Å². The molecule has 0 amide bonds. The number of hydrogen-bond acceptors (Lipinski definition) is 2. The normalized spacial score (nSPS) is 17.2. The highest BCUT2D eigenvalue weighted by molar-refractivity contribution is 5.45. The summed E-state index contributed by atoms with van der Waals surface area (Å²) in [6.07, 6.45) is 2.78. The van der Waals surface area contributed by atoms with Gasteiger partial charge in [-0.1, -0.05) is 19.1 Å². The molecule has 0 aliphatic heterocycles. The van der Waals surface area contributed by atoms with Crippen LogP contribution in [0.25, 0.3) is 0 Å². The summed E-state index contributed by atoms with van der Waals surface area (Å²) >= 11 is 0. The van der Waals surface area contributed by atoms with Crippen LogP contribution in [0.1, 0.15) is 25.3 Å². The topological polar surface area (TPSA) is 15.3 Å². The molecule has 0 radical (unpaired) electrons. The molecule has 1 N–H and O–H groups in total. The van der Waals surface area contributed by atoms with E-state index in [9.17, 15) is 0 Å². The first-order chi connectivity index (χ1) is 7.59. The molecule has 16 heavy (non-hydrogen) atoms. The molecule has 1 aliphatic carbocycles. The van der Waals surface area contributed by atoms with Gasteiger partial charge in [0.2, 0.25) is 0 Å². The molecular weight excluding hydrogens is 196 g/mol. The van der Waals surface area contributed by atoms with Gasteiger partial charge in [0, 0.05) is 32.9 Å². The molecule has 0 saturated heterocycles. The largest absolute Gasteiger partial charge is 0.378 e. The van der Waals surface area contributed by atoms with Crippen LogP contribution in [0, 0.1) is 5.41 Å². The van der Waals surface area contributed by atoms with E-state index in [4.69, 9.17) is 0 Å². The summed E-state index contributed by atoms with van der Waals surface area (Å²) in [4.78, 5) is 2.13. The summed E-state index contributed by atoms with van der Waals surface area (Å²) in [5.74, 6) is 0. The van der Waals surface area contributed by atoms with Gasteiger partial charge in [0.25, 0.3) is 0 Å². The van der Waals surface area contributed by atoms with Crippen molar-refractivity contribution in [2.45, 2.75) is 26.3 Å². The van der Waals surface area contributed by atoms with Crippen LogP contribution in [0.3, 0.4) is 0 Å². The minimum absolute atomic E-state index is 0.601. The second kappa shape index (κ2) is 4.46. The lowest BCUT2D eigenvalue weighted by Gasteiger charge is -2.13. The molecule has 2 heteroatoms. The van der Waals surface area contributed by atoms with Gasteiger partial charge in [-0.05, 0) is 36.0 Å². The fourth-order valence-corrected chi connectivity index (χ4v) is 1.81. The van der Waals surface area contributed by atoms with Crippen molar-refractivity contribution < 1.29 is 0 Å². The Morgan fingerprint density at radius 3 is 2.31 bits per heavy atom. The maximum atomic E-state index is 3.54. The highest BCUT2D eigenvalue weighted by atomic mass is 15.1. The summed E-state index contributed by atoms with van der Waals surface area (Å²) in [6, 6.07) is 8.76. The van der Waals surface area contributed by atoms with Crippen LogP contribution in [0.2, 0.25) is 0 Å². The van der Waals surface area contributed by atoms with Crippen molar-refractivity contribution in [1.29, 1.82) is 0 Å². The Balaban J connectivity index is 1.80. The van der Waals surface area contributed by atoms with Crippen molar-refractivity contribution in [2.75, 3.05) is 25.5 Å². The second-order valence-corrected chi connectivity index (χ2v) is 5.48. The molecule has 2 rings (SSSR count). The van der Waals surface area contributed by atoms with Crippen LogP contribution in [0.15, 0.2) is 24.3 Å². The molecule has 1 saturated carbocycles. The highest BCUT2D eigenvalue weighted by Gasteiger charge is 2.36. The van der Waals surface area contributed by atoms with E-state index in [0.717, 1.165) is 13.1 Å². The lowest BCUT2D eigenvalue weighted by Crippen LogP contribution is -2.21. The molecule has 88 valence electrons. The number of benzene rings is 1. The van der Waals surface area contributed by atoms with Gasteiger partial charge in [-0.3, -0.25) is 0 Å². The molecule has 0 aromatic heterocycles. The second-order valence-electron chi connectivity index (χ2n) is 5.48. The minimum atomic E-state index is 0.601. The Bertz CT molecular complexity index is 336. The predicted octanol–water partition coefficient (Wildman–Crippen LogP) is 2.64. The SMILES string of the molecule is CN(C)c1ccc(CNCC2(C)CC2)cc1. The Labute approximate surface area is 98.7 Å². The number of rotatable bonds is 5. The third-order valence-electron chi connectivity index (χ3n) is 3.44. The Hall–Kier alpha value is -1.02. The average molecular weight is 218 g/mol. The number of hydrogen-bond donors (Lipinski definition) is 1. The molecule has 1 aliphatic rings. The third-order valence-corrected chi connectivity index (χ3v) is 3.44. The van der Waals surface area contributed by atoms with E-state index in [2.05, 4.69) is 55.5 Å². The van der Waals surface area contributed by atoms with Gasteiger partial charge in [-0.25, -0.2) is 0 Å². The van der Waals surface area contributed by atoms with E-state index in [1.54, 1.807) is 0 Å². The summed E-state index contributed by atoms with van der Waals surface area (Å²) in [5, 5.41) is 3.54. The quantitative estimate of drug-likeness (QED) is 0.817. The Kier molecular flexibility index (Phi) is 3.20. The molecule has 2 nitrogen and oxygen atoms in total. The molecule has 0 bridgehead atoms. The fraction of sp³-hybridized carbons (Fsp3) is 0.571. The number of nitrogens with one attached hydrogen (secondary N) is 1. The fourth-order valence-electron chi connectivity index (χ4n) is 1.81. The van der Waals surface area contributed by atoms with E-state index >= 15 is 0 Å². The van der Waals surface area contributed by atoms with E-state index in [-0.39, 0.29) is 0 Å². The first-order valence-electron chi connectivity index (χ1n) is 6.06. The van der Waals surface area contributed by atoms with Crippen LogP contribution in [0.4, 0.5) is 5.69 Å². The third kappa shape index (κ3) is 2.99. The highest BCUT2D eigenvalue weighted by Crippen LogP contribution is 2.44. The molecule has 0 heterocycles. The standard InChI is InChI=1S/C14H22N2/c1-14(8-9-14)11-15-10-12-4-6-13(7-5-12)16(2)3/h4-7,15H,8-11H2,1-3H3. The van der Waals surface area contributed by atoms with Crippen LogP contribution in [0.5, 0.6) is 0 Å². The van der Waals surface area contributed by atoms with Gasteiger partial charge in [0.1, 0.15) is 0 Å². The Morgan fingerprint density at radius 1 is 1.19 bits per heavy atom. The van der Waals surface area contributed by atoms with Gasteiger partial charge in [-0.2, -0.15) is 0 Å². The molecule has 0 unspecified atom stereocenters. The van der Waals surface area contributed by atoms with Crippen LogP contribution >= 0.6 is 0 Å². The monoisotopic (exact) mass is 218 g/mol. The predicted molar refractivity (Wildman–Crippen MR) is 69.8 cm³/mol. The lowest BCUT2D eigenvalue weighted by molar-refractivity contribution is 0.499. The molecule has 1 aromatic carbocycles. The zero-order valence-corrected chi connectivity index (χ0v) is 10.6. The maximum Gasteiger partial charge on any atom is 0.0361 e. The van der Waals surface area contributed by atoms with E-state index in [1.807, 2.05) is 0 Å². The van der Waals surface area contributed by atoms with E-state index in [0.29, 0.717) is 5.41 Å². The Morgan fingerprint density at radius 2 is 1.81 bits per heavy atom. The first-order valence-corrected chi connectivity index (χ1v) is 6.06. The lowest BCUT2D eigenvalue weighted by atomic mass is 10.1. The molecule has 1 aromatic rings. The van der Waals surface area contributed by atoms with Gasteiger partial charge in [0.15, 0.2) is 0 Å². The molecule has 0 atom stereocenters. The van der Waals surface area contributed by atoms with E-state index in [1.165, 1.54) is 24.1 Å².